The minimum Gasteiger partial charge on any atom is -0.380 e. The number of piperazine rings is 1. The third-order valence-electron chi connectivity index (χ3n) is 3.42. The van der Waals surface area contributed by atoms with Crippen LogP contribution in [0.3, 0.4) is 0 Å². The van der Waals surface area contributed by atoms with Gasteiger partial charge in [0.15, 0.2) is 0 Å². The molecule has 14 heavy (non-hydrogen) atoms. The van der Waals surface area contributed by atoms with Crippen molar-refractivity contribution < 1.29 is 4.74 Å². The molecule has 0 unspecified atom stereocenters. The molecule has 0 atom stereocenters. The first kappa shape index (κ1) is 10.4. The van der Waals surface area contributed by atoms with Gasteiger partial charge in [-0.05, 0) is 6.54 Å². The third-order valence-corrected chi connectivity index (χ3v) is 3.42. The van der Waals surface area contributed by atoms with Crippen LogP contribution in [0.1, 0.15) is 13.8 Å². The molecule has 82 valence electrons. The van der Waals surface area contributed by atoms with Crippen LogP contribution in [0.4, 0.5) is 0 Å². The van der Waals surface area contributed by atoms with Crippen molar-refractivity contribution in [2.45, 2.75) is 13.8 Å². The molecule has 0 N–H and O–H groups in total. The van der Waals surface area contributed by atoms with Crippen LogP contribution >= 0.6 is 0 Å². The molecule has 0 saturated carbocycles. The van der Waals surface area contributed by atoms with E-state index in [2.05, 4.69) is 23.6 Å². The topological polar surface area (TPSA) is 15.7 Å². The molecule has 2 fully saturated rings. The van der Waals surface area contributed by atoms with Crippen LogP contribution in [0.25, 0.3) is 0 Å². The van der Waals surface area contributed by atoms with E-state index in [9.17, 15) is 0 Å². The van der Waals surface area contributed by atoms with E-state index in [1.165, 1.54) is 39.3 Å². The summed E-state index contributed by atoms with van der Waals surface area (Å²) in [5.41, 5.74) is 0.453. The Morgan fingerprint density at radius 3 is 2.07 bits per heavy atom. The van der Waals surface area contributed by atoms with Crippen molar-refractivity contribution in [3.63, 3.8) is 0 Å². The van der Waals surface area contributed by atoms with Crippen molar-refractivity contribution in [3.05, 3.63) is 0 Å². The number of nitrogens with zero attached hydrogens (tertiary/aromatic N) is 2. The van der Waals surface area contributed by atoms with E-state index in [-0.39, 0.29) is 0 Å². The second kappa shape index (κ2) is 4.17. The lowest BCUT2D eigenvalue weighted by Gasteiger charge is -2.44. The van der Waals surface area contributed by atoms with Crippen molar-refractivity contribution in [1.29, 1.82) is 0 Å². The van der Waals surface area contributed by atoms with Crippen LogP contribution in [-0.2, 0) is 4.74 Å². The lowest BCUT2D eigenvalue weighted by atomic mass is 9.88. The Hall–Kier alpha value is -0.120. The van der Waals surface area contributed by atoms with Crippen LogP contribution in [0.15, 0.2) is 0 Å². The van der Waals surface area contributed by atoms with Crippen molar-refractivity contribution in [2.75, 3.05) is 52.5 Å². The van der Waals surface area contributed by atoms with Crippen molar-refractivity contribution in [2.24, 2.45) is 5.41 Å². The van der Waals surface area contributed by atoms with Gasteiger partial charge in [-0.3, -0.25) is 0 Å². The highest BCUT2D eigenvalue weighted by atomic mass is 16.5. The predicted molar refractivity (Wildman–Crippen MR) is 57.5 cm³/mol. The molecule has 0 amide bonds. The molecular formula is C11H22N2O. The summed E-state index contributed by atoms with van der Waals surface area (Å²) in [7, 11) is 0. The predicted octanol–water partition coefficient (Wildman–Crippen LogP) is 0.660. The fourth-order valence-corrected chi connectivity index (χ4v) is 2.35. The maximum Gasteiger partial charge on any atom is 0.0554 e. The molecule has 0 bridgehead atoms. The first-order valence-electron chi connectivity index (χ1n) is 5.74. The van der Waals surface area contributed by atoms with Gasteiger partial charge in [-0.25, -0.2) is 0 Å². The van der Waals surface area contributed by atoms with Gasteiger partial charge in [-0.1, -0.05) is 13.8 Å². The van der Waals surface area contributed by atoms with Crippen LogP contribution in [0.5, 0.6) is 0 Å². The summed E-state index contributed by atoms with van der Waals surface area (Å²) < 4.78 is 5.28. The fourth-order valence-electron chi connectivity index (χ4n) is 2.35. The molecule has 3 heteroatoms. The minimum atomic E-state index is 0.453. The second-order valence-corrected chi connectivity index (χ2v) is 5.01. The Balaban J connectivity index is 1.73. The van der Waals surface area contributed by atoms with Gasteiger partial charge in [-0.2, -0.15) is 0 Å². The lowest BCUT2D eigenvalue weighted by Crippen LogP contribution is -2.54. The molecule has 0 aliphatic carbocycles. The summed E-state index contributed by atoms with van der Waals surface area (Å²) >= 11 is 0. The first-order chi connectivity index (χ1) is 6.72. The normalized spacial score (nSPS) is 28.7. The second-order valence-electron chi connectivity index (χ2n) is 5.01. The van der Waals surface area contributed by atoms with Gasteiger partial charge >= 0.3 is 0 Å². The van der Waals surface area contributed by atoms with Crippen molar-refractivity contribution >= 4 is 0 Å². The molecule has 2 aliphatic rings. The Labute approximate surface area is 87.0 Å². The zero-order valence-electron chi connectivity index (χ0n) is 9.46. The molecule has 0 aromatic carbocycles. The average molecular weight is 198 g/mol. The summed E-state index contributed by atoms with van der Waals surface area (Å²) in [5.74, 6) is 0. The molecule has 3 nitrogen and oxygen atoms in total. The van der Waals surface area contributed by atoms with Crippen LogP contribution in [0.2, 0.25) is 0 Å². The Morgan fingerprint density at radius 2 is 1.64 bits per heavy atom. The van der Waals surface area contributed by atoms with Gasteiger partial charge in [0.25, 0.3) is 0 Å². The Bertz CT molecular complexity index is 184. The van der Waals surface area contributed by atoms with Gasteiger partial charge < -0.3 is 14.5 Å². The number of ether oxygens (including phenoxy) is 1. The fraction of sp³-hybridized carbons (Fsp3) is 1.00. The minimum absolute atomic E-state index is 0.453. The highest BCUT2D eigenvalue weighted by molar-refractivity contribution is 4.85. The zero-order valence-corrected chi connectivity index (χ0v) is 9.46. The first-order valence-corrected chi connectivity index (χ1v) is 5.74. The largest absolute Gasteiger partial charge is 0.380 e. The molecule has 0 radical (unpaired) electrons. The van der Waals surface area contributed by atoms with Gasteiger partial charge in [-0.15, -0.1) is 0 Å². The maximum atomic E-state index is 5.28. The van der Waals surface area contributed by atoms with Crippen LogP contribution in [-0.4, -0.2) is 62.3 Å². The number of rotatable bonds is 3. The maximum absolute atomic E-state index is 5.28. The number of hydrogen-bond donors (Lipinski definition) is 0. The molecular weight excluding hydrogens is 176 g/mol. The highest BCUT2D eigenvalue weighted by Gasteiger charge is 2.35. The molecule has 2 saturated heterocycles. The number of hydrogen-bond acceptors (Lipinski definition) is 3. The zero-order chi connectivity index (χ0) is 10.0. The lowest BCUT2D eigenvalue weighted by molar-refractivity contribution is -0.118. The molecule has 2 rings (SSSR count). The summed E-state index contributed by atoms with van der Waals surface area (Å²) in [6.07, 6.45) is 0. The summed E-state index contributed by atoms with van der Waals surface area (Å²) in [6, 6.07) is 0. The SMILES string of the molecule is CCN1CCN(CC2(C)COC2)CC1. The molecule has 0 aromatic heterocycles. The Kier molecular flexibility index (Phi) is 3.10. The Morgan fingerprint density at radius 1 is 1.07 bits per heavy atom. The third kappa shape index (κ3) is 2.27. The van der Waals surface area contributed by atoms with Gasteiger partial charge in [0.2, 0.25) is 0 Å². The van der Waals surface area contributed by atoms with E-state index in [0.717, 1.165) is 13.2 Å². The van der Waals surface area contributed by atoms with Gasteiger partial charge in [0.1, 0.15) is 0 Å². The van der Waals surface area contributed by atoms with Crippen molar-refractivity contribution in [1.82, 2.24) is 9.80 Å². The van der Waals surface area contributed by atoms with Gasteiger partial charge in [0.05, 0.1) is 13.2 Å². The molecule has 2 heterocycles. The monoisotopic (exact) mass is 198 g/mol. The molecule has 0 spiro atoms. The summed E-state index contributed by atoms with van der Waals surface area (Å²) in [4.78, 5) is 5.12. The average Bonchev–Trinajstić information content (AvgIpc) is 2.17. The van der Waals surface area contributed by atoms with E-state index < -0.39 is 0 Å². The molecule has 0 aromatic rings. The van der Waals surface area contributed by atoms with Crippen LogP contribution in [0, 0.1) is 5.41 Å². The molecule has 2 aliphatic heterocycles. The highest BCUT2D eigenvalue weighted by Crippen LogP contribution is 2.27. The summed E-state index contributed by atoms with van der Waals surface area (Å²) in [6.45, 7) is 13.9. The smallest absolute Gasteiger partial charge is 0.0554 e. The van der Waals surface area contributed by atoms with E-state index in [0.29, 0.717) is 5.41 Å². The quantitative estimate of drug-likeness (QED) is 0.662. The standard InChI is InChI=1S/C11H22N2O/c1-3-12-4-6-13(7-5-12)8-11(2)9-14-10-11/h3-10H2,1-2H3. The van der Waals surface area contributed by atoms with Crippen molar-refractivity contribution in [3.8, 4) is 0 Å². The van der Waals surface area contributed by atoms with E-state index in [1.807, 2.05) is 0 Å². The summed E-state index contributed by atoms with van der Waals surface area (Å²) in [5, 5.41) is 0. The van der Waals surface area contributed by atoms with E-state index in [1.54, 1.807) is 0 Å². The van der Waals surface area contributed by atoms with E-state index in [4.69, 9.17) is 4.74 Å². The number of likely N-dealkylation sites (N-methyl/N-ethyl adjacent to an activating group) is 1. The van der Waals surface area contributed by atoms with Crippen LogP contribution < -0.4 is 0 Å². The van der Waals surface area contributed by atoms with Gasteiger partial charge in [0, 0.05) is 38.1 Å². The van der Waals surface area contributed by atoms with E-state index >= 15 is 0 Å².